The van der Waals surface area contributed by atoms with Gasteiger partial charge in [-0.1, -0.05) is 30.3 Å². The Bertz CT molecular complexity index is 1450. The fourth-order valence-corrected chi connectivity index (χ4v) is 5.07. The monoisotopic (exact) mass is 474 g/mol. The van der Waals surface area contributed by atoms with Gasteiger partial charge in [0.1, 0.15) is 11.1 Å². The van der Waals surface area contributed by atoms with Crippen LogP contribution >= 0.6 is 0 Å². The summed E-state index contributed by atoms with van der Waals surface area (Å²) >= 11 is 0. The molecule has 1 aliphatic heterocycles. The van der Waals surface area contributed by atoms with Gasteiger partial charge >= 0.3 is 0 Å². The van der Waals surface area contributed by atoms with E-state index in [2.05, 4.69) is 10.6 Å². The number of para-hydroxylation sites is 1. The lowest BCUT2D eigenvalue weighted by Crippen LogP contribution is -2.43. The molecule has 2 aromatic carbocycles. The molecular formula is C27H30N4O4. The van der Waals surface area contributed by atoms with Gasteiger partial charge in [0, 0.05) is 18.5 Å². The highest BCUT2D eigenvalue weighted by atomic mass is 16.5. The predicted molar refractivity (Wildman–Crippen MR) is 137 cm³/mol. The first-order valence-corrected chi connectivity index (χ1v) is 11.9. The van der Waals surface area contributed by atoms with Crippen molar-refractivity contribution in [2.75, 3.05) is 27.3 Å². The van der Waals surface area contributed by atoms with Gasteiger partial charge in [0.15, 0.2) is 11.4 Å². The van der Waals surface area contributed by atoms with Gasteiger partial charge in [-0.3, -0.25) is 9.59 Å². The van der Waals surface area contributed by atoms with Crippen LogP contribution in [-0.2, 0) is 13.6 Å². The SMILES string of the molecule is COc1ccc(Cn2c(=O)c3c(OC)c(C(=O)NC4CCNCC4)n(C)c3c3ccccc32)cc1. The molecule has 8 heteroatoms. The molecule has 0 aliphatic carbocycles. The van der Waals surface area contributed by atoms with Crippen LogP contribution in [0.25, 0.3) is 21.8 Å². The van der Waals surface area contributed by atoms with E-state index < -0.39 is 0 Å². The van der Waals surface area contributed by atoms with E-state index in [0.717, 1.165) is 48.1 Å². The van der Waals surface area contributed by atoms with Gasteiger partial charge in [0.25, 0.3) is 11.5 Å². The molecule has 3 heterocycles. The molecule has 5 rings (SSSR count). The Kier molecular flexibility index (Phi) is 6.21. The first kappa shape index (κ1) is 23.0. The molecule has 0 unspecified atom stereocenters. The molecule has 1 saturated heterocycles. The number of fused-ring (bicyclic) bond motifs is 3. The average molecular weight is 475 g/mol. The third-order valence-corrected chi connectivity index (χ3v) is 6.85. The number of pyridine rings is 1. The van der Waals surface area contributed by atoms with Crippen LogP contribution in [0.5, 0.6) is 11.5 Å². The van der Waals surface area contributed by atoms with E-state index in [1.165, 1.54) is 7.11 Å². The minimum atomic E-state index is -0.224. The molecule has 8 nitrogen and oxygen atoms in total. The zero-order valence-electron chi connectivity index (χ0n) is 20.3. The molecule has 0 radical (unpaired) electrons. The van der Waals surface area contributed by atoms with E-state index in [9.17, 15) is 9.59 Å². The lowest BCUT2D eigenvalue weighted by atomic mass is 10.1. The Labute approximate surface area is 203 Å². The summed E-state index contributed by atoms with van der Waals surface area (Å²) in [5.41, 5.74) is 2.64. The standard InChI is InChI=1S/C27H30N4O4/c1-30-23-20-6-4-5-7-21(20)31(16-17-8-10-19(34-2)11-9-17)27(33)22(23)25(35-3)24(30)26(32)29-18-12-14-28-15-13-18/h4-11,18,28H,12-16H2,1-3H3,(H,29,32). The molecule has 0 bridgehead atoms. The number of methoxy groups -OCH3 is 2. The molecule has 1 fully saturated rings. The number of carbonyl (C=O) groups is 1. The topological polar surface area (TPSA) is 86.5 Å². The third kappa shape index (κ3) is 4.04. The molecule has 0 saturated carbocycles. The summed E-state index contributed by atoms with van der Waals surface area (Å²) in [6, 6.07) is 15.5. The maximum atomic E-state index is 13.9. The van der Waals surface area contributed by atoms with Crippen molar-refractivity contribution in [3.05, 3.63) is 70.1 Å². The highest BCUT2D eigenvalue weighted by molar-refractivity contribution is 6.12. The Balaban J connectivity index is 1.68. The number of amides is 1. The van der Waals surface area contributed by atoms with Gasteiger partial charge in [-0.2, -0.15) is 0 Å². The highest BCUT2D eigenvalue weighted by Crippen LogP contribution is 2.35. The van der Waals surface area contributed by atoms with Crippen molar-refractivity contribution in [1.82, 2.24) is 19.8 Å². The Morgan fingerprint density at radius 2 is 1.77 bits per heavy atom. The molecule has 182 valence electrons. The molecule has 35 heavy (non-hydrogen) atoms. The lowest BCUT2D eigenvalue weighted by molar-refractivity contribution is 0.0918. The number of benzene rings is 2. The predicted octanol–water partition coefficient (Wildman–Crippen LogP) is 3.04. The van der Waals surface area contributed by atoms with E-state index in [0.29, 0.717) is 28.9 Å². The summed E-state index contributed by atoms with van der Waals surface area (Å²) in [5, 5.41) is 7.76. The molecule has 2 aromatic heterocycles. The summed E-state index contributed by atoms with van der Waals surface area (Å²) in [7, 11) is 4.96. The lowest BCUT2D eigenvalue weighted by Gasteiger charge is -2.23. The number of piperidine rings is 1. The van der Waals surface area contributed by atoms with Gasteiger partial charge < -0.3 is 29.2 Å². The van der Waals surface area contributed by atoms with Crippen molar-refractivity contribution in [3.63, 3.8) is 0 Å². The Morgan fingerprint density at radius 1 is 1.06 bits per heavy atom. The maximum absolute atomic E-state index is 13.9. The molecular weight excluding hydrogens is 444 g/mol. The summed E-state index contributed by atoms with van der Waals surface area (Å²) in [4.78, 5) is 27.3. The number of aryl methyl sites for hydroxylation is 1. The smallest absolute Gasteiger partial charge is 0.272 e. The van der Waals surface area contributed by atoms with Crippen molar-refractivity contribution >= 4 is 27.7 Å². The number of hydrogen-bond acceptors (Lipinski definition) is 5. The van der Waals surface area contributed by atoms with Crippen molar-refractivity contribution in [1.29, 1.82) is 0 Å². The van der Waals surface area contributed by atoms with Gasteiger partial charge in [-0.25, -0.2) is 0 Å². The number of ether oxygens (including phenoxy) is 2. The van der Waals surface area contributed by atoms with E-state index in [4.69, 9.17) is 9.47 Å². The van der Waals surface area contributed by atoms with Crippen molar-refractivity contribution < 1.29 is 14.3 Å². The summed E-state index contributed by atoms with van der Waals surface area (Å²) in [6.45, 7) is 2.13. The number of rotatable bonds is 6. The first-order valence-electron chi connectivity index (χ1n) is 11.9. The second-order valence-electron chi connectivity index (χ2n) is 8.92. The van der Waals surface area contributed by atoms with Gasteiger partial charge in [-0.15, -0.1) is 0 Å². The maximum Gasteiger partial charge on any atom is 0.272 e. The van der Waals surface area contributed by atoms with Crippen LogP contribution in [0, 0.1) is 0 Å². The molecule has 2 N–H and O–H groups in total. The molecule has 4 aromatic rings. The number of carbonyl (C=O) groups excluding carboxylic acids is 1. The van der Waals surface area contributed by atoms with E-state index in [1.807, 2.05) is 55.6 Å². The number of nitrogens with zero attached hydrogens (tertiary/aromatic N) is 2. The van der Waals surface area contributed by atoms with Crippen LogP contribution in [-0.4, -0.2) is 48.4 Å². The van der Waals surface area contributed by atoms with Crippen molar-refractivity contribution in [3.8, 4) is 11.5 Å². The molecule has 0 atom stereocenters. The van der Waals surface area contributed by atoms with Crippen LogP contribution in [0.3, 0.4) is 0 Å². The third-order valence-electron chi connectivity index (χ3n) is 6.85. The molecule has 1 aliphatic rings. The fourth-order valence-electron chi connectivity index (χ4n) is 5.07. The van der Waals surface area contributed by atoms with Crippen molar-refractivity contribution in [2.45, 2.75) is 25.4 Å². The van der Waals surface area contributed by atoms with Crippen LogP contribution in [0.2, 0.25) is 0 Å². The van der Waals surface area contributed by atoms with Crippen molar-refractivity contribution in [2.24, 2.45) is 7.05 Å². The quantitative estimate of drug-likeness (QED) is 0.449. The summed E-state index contributed by atoms with van der Waals surface area (Å²) in [6.07, 6.45) is 1.74. The first-order chi connectivity index (χ1) is 17.0. The van der Waals surface area contributed by atoms with Crippen LogP contribution in [0.4, 0.5) is 0 Å². The van der Waals surface area contributed by atoms with Crippen LogP contribution in [0.15, 0.2) is 53.3 Å². The second kappa shape index (κ2) is 9.46. The molecule has 0 spiro atoms. The van der Waals surface area contributed by atoms with Crippen LogP contribution < -0.4 is 25.7 Å². The van der Waals surface area contributed by atoms with Gasteiger partial charge in [0.2, 0.25) is 0 Å². The van der Waals surface area contributed by atoms with Gasteiger partial charge in [-0.05, 0) is 49.7 Å². The zero-order chi connectivity index (χ0) is 24.5. The Morgan fingerprint density at radius 3 is 2.46 bits per heavy atom. The number of aromatic nitrogens is 2. The highest BCUT2D eigenvalue weighted by Gasteiger charge is 2.28. The minimum absolute atomic E-state index is 0.0925. The second-order valence-corrected chi connectivity index (χ2v) is 8.92. The number of hydrogen-bond donors (Lipinski definition) is 2. The van der Waals surface area contributed by atoms with E-state index in [-0.39, 0.29) is 17.5 Å². The Hall–Kier alpha value is -3.78. The van der Waals surface area contributed by atoms with Crippen LogP contribution in [0.1, 0.15) is 28.9 Å². The summed E-state index contributed by atoms with van der Waals surface area (Å²) in [5.74, 6) is 0.848. The molecule has 1 amide bonds. The number of nitrogens with one attached hydrogen (secondary N) is 2. The van der Waals surface area contributed by atoms with Gasteiger partial charge in [0.05, 0.1) is 31.8 Å². The zero-order valence-corrected chi connectivity index (χ0v) is 20.3. The minimum Gasteiger partial charge on any atom is -0.497 e. The van der Waals surface area contributed by atoms with E-state index >= 15 is 0 Å². The van der Waals surface area contributed by atoms with E-state index in [1.54, 1.807) is 16.2 Å². The largest absolute Gasteiger partial charge is 0.497 e. The average Bonchev–Trinajstić information content (AvgIpc) is 3.20. The fraction of sp³-hybridized carbons (Fsp3) is 0.333. The normalized spacial score (nSPS) is 14.4. The summed E-state index contributed by atoms with van der Waals surface area (Å²) < 4.78 is 14.5.